The number of rotatable bonds is 3. The van der Waals surface area contributed by atoms with Crippen LogP contribution in [0.5, 0.6) is 0 Å². The fourth-order valence-electron chi connectivity index (χ4n) is 2.76. The largest absolute Gasteiger partial charge is 0.479 e. The number of amides is 1. The van der Waals surface area contributed by atoms with Crippen LogP contribution in [0.15, 0.2) is 30.5 Å². The van der Waals surface area contributed by atoms with E-state index in [1.165, 1.54) is 27.9 Å². The van der Waals surface area contributed by atoms with E-state index in [0.29, 0.717) is 13.0 Å². The van der Waals surface area contributed by atoms with Crippen molar-refractivity contribution >= 4 is 11.9 Å². The number of nitrogens with zero attached hydrogens (tertiary/aromatic N) is 3. The van der Waals surface area contributed by atoms with Crippen LogP contribution in [0.2, 0.25) is 0 Å². The Morgan fingerprint density at radius 3 is 2.64 bits per heavy atom. The summed E-state index contributed by atoms with van der Waals surface area (Å²) in [5.41, 5.74) is -1.73. The van der Waals surface area contributed by atoms with Crippen LogP contribution in [0.25, 0.3) is 5.69 Å². The van der Waals surface area contributed by atoms with Crippen LogP contribution in [-0.4, -0.2) is 55.5 Å². The van der Waals surface area contributed by atoms with E-state index in [4.69, 9.17) is 5.11 Å². The second kappa shape index (κ2) is 6.25. The molecular weight excluding hydrogens is 336 g/mol. The average molecular weight is 351 g/mol. The van der Waals surface area contributed by atoms with Gasteiger partial charge in [0, 0.05) is 18.8 Å². The van der Waals surface area contributed by atoms with Crippen LogP contribution in [0.3, 0.4) is 0 Å². The van der Waals surface area contributed by atoms with E-state index < -0.39 is 29.1 Å². The zero-order chi connectivity index (χ0) is 18.2. The number of hydrogen-bond donors (Lipinski definition) is 2. The number of aromatic nitrogens is 2. The molecule has 9 heteroatoms. The monoisotopic (exact) mass is 351 g/mol. The van der Waals surface area contributed by atoms with E-state index in [-0.39, 0.29) is 24.3 Å². The first-order valence-electron chi connectivity index (χ1n) is 7.56. The van der Waals surface area contributed by atoms with E-state index in [2.05, 4.69) is 5.10 Å². The Morgan fingerprint density at radius 2 is 1.96 bits per heavy atom. The molecule has 0 aliphatic carbocycles. The Labute approximate surface area is 141 Å². The number of aliphatic carboxylic acids is 1. The van der Waals surface area contributed by atoms with Crippen molar-refractivity contribution in [3.63, 3.8) is 0 Å². The number of halogens is 2. The van der Waals surface area contributed by atoms with Crippen molar-refractivity contribution in [1.29, 1.82) is 0 Å². The van der Waals surface area contributed by atoms with Gasteiger partial charge in [-0.25, -0.2) is 18.3 Å². The van der Waals surface area contributed by atoms with Gasteiger partial charge in [-0.15, -0.1) is 0 Å². The lowest BCUT2D eigenvalue weighted by atomic mass is 9.93. The molecular formula is C16H15F2N3O4. The molecule has 1 unspecified atom stereocenters. The molecule has 132 valence electrons. The number of aliphatic hydroxyl groups is 1. The summed E-state index contributed by atoms with van der Waals surface area (Å²) in [4.78, 5) is 24.9. The fraction of sp³-hybridized carbons (Fsp3) is 0.312. The second-order valence-electron chi connectivity index (χ2n) is 5.91. The van der Waals surface area contributed by atoms with Crippen LogP contribution in [-0.2, 0) is 4.79 Å². The second-order valence-corrected chi connectivity index (χ2v) is 5.91. The standard InChI is InChI=1S/C16H15F2N3O4/c17-11-3-2-10(8-12(11)18)21-7-4-13(19-21)14(22)20-6-1-5-16(25,9-20)15(23)24/h2-4,7-8,25H,1,5-6,9H2,(H,23,24). The lowest BCUT2D eigenvalue weighted by Crippen LogP contribution is -2.54. The van der Waals surface area contributed by atoms with Crippen molar-refractivity contribution in [3.8, 4) is 5.69 Å². The zero-order valence-electron chi connectivity index (χ0n) is 13.0. The lowest BCUT2D eigenvalue weighted by molar-refractivity contribution is -0.163. The smallest absolute Gasteiger partial charge is 0.337 e. The van der Waals surface area contributed by atoms with Gasteiger partial charge in [0.05, 0.1) is 12.2 Å². The van der Waals surface area contributed by atoms with Crippen molar-refractivity contribution in [2.24, 2.45) is 0 Å². The summed E-state index contributed by atoms with van der Waals surface area (Å²) in [6.07, 6.45) is 1.82. The SMILES string of the molecule is O=C(c1ccn(-c2ccc(F)c(F)c2)n1)N1CCCC(O)(C(=O)O)C1. The molecule has 1 amide bonds. The van der Waals surface area contributed by atoms with Crippen molar-refractivity contribution in [2.75, 3.05) is 13.1 Å². The molecule has 1 atom stereocenters. The van der Waals surface area contributed by atoms with Crippen LogP contribution in [0, 0.1) is 11.6 Å². The molecule has 2 heterocycles. The van der Waals surface area contributed by atoms with E-state index in [1.807, 2.05) is 0 Å². The maximum absolute atomic E-state index is 13.3. The van der Waals surface area contributed by atoms with E-state index in [9.17, 15) is 23.5 Å². The van der Waals surface area contributed by atoms with Gasteiger partial charge in [0.25, 0.3) is 5.91 Å². The minimum absolute atomic E-state index is 0.0133. The van der Waals surface area contributed by atoms with E-state index >= 15 is 0 Å². The first-order chi connectivity index (χ1) is 11.8. The van der Waals surface area contributed by atoms with Crippen LogP contribution in [0.1, 0.15) is 23.3 Å². The van der Waals surface area contributed by atoms with Gasteiger partial charge in [0.15, 0.2) is 22.9 Å². The molecule has 2 N–H and O–H groups in total. The Hall–Kier alpha value is -2.81. The Bertz CT molecular complexity index is 839. The number of likely N-dealkylation sites (tertiary alicyclic amines) is 1. The van der Waals surface area contributed by atoms with Gasteiger partial charge in [-0.2, -0.15) is 5.10 Å². The third kappa shape index (κ3) is 3.22. The number of benzene rings is 1. The molecule has 1 saturated heterocycles. The molecule has 0 spiro atoms. The van der Waals surface area contributed by atoms with Crippen molar-refractivity contribution < 1.29 is 28.6 Å². The number of β-amino-alcohol motifs (C(OH)–C–C–N with tert-alkyl or cyclic N) is 1. The third-order valence-electron chi connectivity index (χ3n) is 4.13. The normalized spacial score (nSPS) is 20.5. The summed E-state index contributed by atoms with van der Waals surface area (Å²) < 4.78 is 27.5. The molecule has 25 heavy (non-hydrogen) atoms. The minimum atomic E-state index is -1.98. The molecule has 1 aliphatic heterocycles. The summed E-state index contributed by atoms with van der Waals surface area (Å²) in [6, 6.07) is 4.59. The Balaban J connectivity index is 1.81. The molecule has 1 aliphatic rings. The molecule has 3 rings (SSSR count). The van der Waals surface area contributed by atoms with E-state index in [0.717, 1.165) is 12.1 Å². The van der Waals surface area contributed by atoms with Gasteiger partial charge in [0.1, 0.15) is 0 Å². The number of carbonyl (C=O) groups is 2. The number of carboxylic acid groups (broad SMARTS) is 1. The van der Waals surface area contributed by atoms with Crippen LogP contribution in [0.4, 0.5) is 8.78 Å². The molecule has 0 saturated carbocycles. The summed E-state index contributed by atoms with van der Waals surface area (Å²) in [7, 11) is 0. The number of hydrogen-bond acceptors (Lipinski definition) is 4. The number of carboxylic acids is 1. The summed E-state index contributed by atoms with van der Waals surface area (Å²) in [6.45, 7) is -0.0360. The first-order valence-corrected chi connectivity index (χ1v) is 7.56. The number of piperidine rings is 1. The summed E-state index contributed by atoms with van der Waals surface area (Å²) >= 11 is 0. The molecule has 1 fully saturated rings. The van der Waals surface area contributed by atoms with Crippen LogP contribution >= 0.6 is 0 Å². The maximum atomic E-state index is 13.3. The van der Waals surface area contributed by atoms with Crippen molar-refractivity contribution in [1.82, 2.24) is 14.7 Å². The predicted octanol–water partition coefficient (Wildman–Crippen LogP) is 1.20. The van der Waals surface area contributed by atoms with Gasteiger partial charge >= 0.3 is 5.97 Å². The van der Waals surface area contributed by atoms with Gasteiger partial charge in [0.2, 0.25) is 0 Å². The highest BCUT2D eigenvalue weighted by atomic mass is 19.2. The average Bonchev–Trinajstić information content (AvgIpc) is 3.06. The van der Waals surface area contributed by atoms with E-state index in [1.54, 1.807) is 0 Å². The van der Waals surface area contributed by atoms with Gasteiger partial charge in [-0.3, -0.25) is 4.79 Å². The fourth-order valence-corrected chi connectivity index (χ4v) is 2.76. The van der Waals surface area contributed by atoms with Gasteiger partial charge in [-0.1, -0.05) is 0 Å². The lowest BCUT2D eigenvalue weighted by Gasteiger charge is -2.35. The third-order valence-corrected chi connectivity index (χ3v) is 4.13. The van der Waals surface area contributed by atoms with Crippen LogP contribution < -0.4 is 0 Å². The molecule has 7 nitrogen and oxygen atoms in total. The number of carbonyl (C=O) groups excluding carboxylic acids is 1. The highest BCUT2D eigenvalue weighted by molar-refractivity contribution is 5.93. The highest BCUT2D eigenvalue weighted by Gasteiger charge is 2.42. The van der Waals surface area contributed by atoms with Gasteiger partial charge < -0.3 is 15.1 Å². The minimum Gasteiger partial charge on any atom is -0.479 e. The maximum Gasteiger partial charge on any atom is 0.337 e. The molecule has 0 bridgehead atoms. The molecule has 0 radical (unpaired) electrons. The topological polar surface area (TPSA) is 95.7 Å². The zero-order valence-corrected chi connectivity index (χ0v) is 13.0. The summed E-state index contributed by atoms with van der Waals surface area (Å²) in [5, 5.41) is 23.2. The predicted molar refractivity (Wildman–Crippen MR) is 81.2 cm³/mol. The van der Waals surface area contributed by atoms with Crippen molar-refractivity contribution in [2.45, 2.75) is 18.4 Å². The Morgan fingerprint density at radius 1 is 1.20 bits per heavy atom. The summed E-state index contributed by atoms with van der Waals surface area (Å²) in [5.74, 6) is -3.95. The Kier molecular flexibility index (Phi) is 4.25. The molecule has 1 aromatic heterocycles. The molecule has 1 aromatic carbocycles. The van der Waals surface area contributed by atoms with Gasteiger partial charge in [-0.05, 0) is 31.0 Å². The van der Waals surface area contributed by atoms with Crippen molar-refractivity contribution in [3.05, 3.63) is 47.8 Å². The quantitative estimate of drug-likeness (QED) is 0.866. The first kappa shape index (κ1) is 17.0. The highest BCUT2D eigenvalue weighted by Crippen LogP contribution is 2.23. The molecule has 2 aromatic rings.